The van der Waals surface area contributed by atoms with E-state index >= 15 is 0 Å². The number of carbonyl (C=O) groups is 2. The van der Waals surface area contributed by atoms with Gasteiger partial charge in [-0.05, 0) is 37.1 Å². The molecule has 1 fully saturated rings. The summed E-state index contributed by atoms with van der Waals surface area (Å²) < 4.78 is 5.81. The van der Waals surface area contributed by atoms with Crippen molar-refractivity contribution < 1.29 is 14.3 Å². The largest absolute Gasteiger partial charge is 0.464 e. The van der Waals surface area contributed by atoms with Gasteiger partial charge in [-0.25, -0.2) is 4.79 Å². The summed E-state index contributed by atoms with van der Waals surface area (Å²) in [5.41, 5.74) is 2.55. The van der Waals surface area contributed by atoms with Crippen molar-refractivity contribution in [2.45, 2.75) is 26.3 Å². The van der Waals surface area contributed by atoms with Crippen molar-refractivity contribution in [3.63, 3.8) is 0 Å². The summed E-state index contributed by atoms with van der Waals surface area (Å²) in [5.74, 6) is -0.591. The molecule has 0 radical (unpaired) electrons. The third-order valence-electron chi connectivity index (χ3n) is 2.94. The standard InChI is InChI=1S/C13H14BrNO3/c1-7-5-9(6-8(2)11(7)14)12(16)15-10-3-4-18-13(10)17/h5-6,10H,3-4H2,1-2H3,(H,15,16). The highest BCUT2D eigenvalue weighted by Gasteiger charge is 2.28. The Morgan fingerprint density at radius 1 is 1.39 bits per heavy atom. The normalized spacial score (nSPS) is 18.6. The van der Waals surface area contributed by atoms with Crippen LogP contribution < -0.4 is 5.32 Å². The van der Waals surface area contributed by atoms with E-state index in [0.717, 1.165) is 15.6 Å². The lowest BCUT2D eigenvalue weighted by molar-refractivity contribution is -0.139. The highest BCUT2D eigenvalue weighted by molar-refractivity contribution is 9.10. The van der Waals surface area contributed by atoms with Crippen LogP contribution in [-0.4, -0.2) is 24.5 Å². The summed E-state index contributed by atoms with van der Waals surface area (Å²) in [6, 6.07) is 3.08. The first-order valence-electron chi connectivity index (χ1n) is 5.73. The van der Waals surface area contributed by atoms with Gasteiger partial charge in [-0.2, -0.15) is 0 Å². The molecule has 1 aliphatic heterocycles. The van der Waals surface area contributed by atoms with Crippen LogP contribution in [0.1, 0.15) is 27.9 Å². The minimum absolute atomic E-state index is 0.238. The first-order chi connectivity index (χ1) is 8.49. The lowest BCUT2D eigenvalue weighted by atomic mass is 10.1. The Bertz CT molecular complexity index is 490. The highest BCUT2D eigenvalue weighted by Crippen LogP contribution is 2.22. The van der Waals surface area contributed by atoms with Gasteiger partial charge in [-0.1, -0.05) is 15.9 Å². The van der Waals surface area contributed by atoms with Crippen molar-refractivity contribution >= 4 is 27.8 Å². The fraction of sp³-hybridized carbons (Fsp3) is 0.385. The van der Waals surface area contributed by atoms with Gasteiger partial charge in [0.1, 0.15) is 6.04 Å². The predicted octanol–water partition coefficient (Wildman–Crippen LogP) is 2.11. The van der Waals surface area contributed by atoms with Crippen molar-refractivity contribution in [1.82, 2.24) is 5.32 Å². The molecule has 1 atom stereocenters. The quantitative estimate of drug-likeness (QED) is 0.851. The topological polar surface area (TPSA) is 55.4 Å². The van der Waals surface area contributed by atoms with E-state index in [1.165, 1.54) is 0 Å². The lowest BCUT2D eigenvalue weighted by Crippen LogP contribution is -2.37. The Morgan fingerprint density at radius 3 is 2.50 bits per heavy atom. The smallest absolute Gasteiger partial charge is 0.328 e. The number of nitrogens with one attached hydrogen (secondary N) is 1. The van der Waals surface area contributed by atoms with E-state index in [1.54, 1.807) is 12.1 Å². The van der Waals surface area contributed by atoms with Gasteiger partial charge < -0.3 is 10.1 Å². The minimum atomic E-state index is -0.512. The summed E-state index contributed by atoms with van der Waals surface area (Å²) in [7, 11) is 0. The average Bonchev–Trinajstić information content (AvgIpc) is 2.71. The van der Waals surface area contributed by atoms with Crippen LogP contribution in [-0.2, 0) is 9.53 Å². The molecule has 0 bridgehead atoms. The summed E-state index contributed by atoms with van der Waals surface area (Å²) in [4.78, 5) is 23.3. The van der Waals surface area contributed by atoms with Gasteiger partial charge in [0.05, 0.1) is 6.61 Å². The Morgan fingerprint density at radius 2 is 2.00 bits per heavy atom. The van der Waals surface area contributed by atoms with Crippen LogP contribution in [0, 0.1) is 13.8 Å². The molecule has 1 heterocycles. The number of benzene rings is 1. The van der Waals surface area contributed by atoms with Gasteiger partial charge in [-0.15, -0.1) is 0 Å². The first-order valence-corrected chi connectivity index (χ1v) is 6.52. The molecule has 18 heavy (non-hydrogen) atoms. The zero-order chi connectivity index (χ0) is 13.3. The van der Waals surface area contributed by atoms with Gasteiger partial charge in [0.2, 0.25) is 0 Å². The van der Waals surface area contributed by atoms with Crippen molar-refractivity contribution in [3.05, 3.63) is 33.3 Å². The number of ether oxygens (including phenoxy) is 1. The number of rotatable bonds is 2. The molecule has 1 unspecified atom stereocenters. The fourth-order valence-electron chi connectivity index (χ4n) is 1.95. The van der Waals surface area contributed by atoms with Crippen LogP contribution in [0.3, 0.4) is 0 Å². The molecule has 0 spiro atoms. The molecular weight excluding hydrogens is 298 g/mol. The second kappa shape index (κ2) is 5.10. The monoisotopic (exact) mass is 311 g/mol. The molecule has 1 saturated heterocycles. The van der Waals surface area contributed by atoms with Gasteiger partial charge in [0, 0.05) is 16.5 Å². The molecule has 1 aromatic rings. The van der Waals surface area contributed by atoms with Gasteiger partial charge >= 0.3 is 5.97 Å². The zero-order valence-electron chi connectivity index (χ0n) is 10.2. The maximum Gasteiger partial charge on any atom is 0.328 e. The van der Waals surface area contributed by atoms with E-state index in [1.807, 2.05) is 13.8 Å². The maximum absolute atomic E-state index is 12.0. The van der Waals surface area contributed by atoms with Crippen LogP contribution in [0.15, 0.2) is 16.6 Å². The molecular formula is C13H14BrNO3. The van der Waals surface area contributed by atoms with Gasteiger partial charge in [0.15, 0.2) is 0 Å². The fourth-order valence-corrected chi connectivity index (χ4v) is 2.17. The third-order valence-corrected chi connectivity index (χ3v) is 4.19. The maximum atomic E-state index is 12.0. The predicted molar refractivity (Wildman–Crippen MR) is 70.4 cm³/mol. The van der Waals surface area contributed by atoms with E-state index < -0.39 is 6.04 Å². The molecule has 4 nitrogen and oxygen atoms in total. The number of hydrogen-bond acceptors (Lipinski definition) is 3. The Balaban J connectivity index is 2.16. The van der Waals surface area contributed by atoms with Crippen molar-refractivity contribution in [1.29, 1.82) is 0 Å². The average molecular weight is 312 g/mol. The van der Waals surface area contributed by atoms with E-state index in [9.17, 15) is 9.59 Å². The Kier molecular flexibility index (Phi) is 3.71. The number of halogens is 1. The van der Waals surface area contributed by atoms with E-state index in [0.29, 0.717) is 18.6 Å². The first kappa shape index (κ1) is 13.1. The van der Waals surface area contributed by atoms with Crippen LogP contribution in [0.25, 0.3) is 0 Å². The number of amides is 1. The molecule has 1 aliphatic rings. The second-order valence-corrected chi connectivity index (χ2v) is 5.20. The van der Waals surface area contributed by atoms with Gasteiger partial charge in [0.25, 0.3) is 5.91 Å². The molecule has 1 amide bonds. The third kappa shape index (κ3) is 2.56. The van der Waals surface area contributed by atoms with Crippen molar-refractivity contribution in [2.24, 2.45) is 0 Å². The summed E-state index contributed by atoms with van der Waals surface area (Å²) in [6.07, 6.45) is 0.541. The molecule has 1 aromatic carbocycles. The van der Waals surface area contributed by atoms with Crippen LogP contribution in [0.4, 0.5) is 0 Å². The molecule has 0 aliphatic carbocycles. The van der Waals surface area contributed by atoms with Crippen LogP contribution in [0.5, 0.6) is 0 Å². The van der Waals surface area contributed by atoms with E-state index in [2.05, 4.69) is 21.2 Å². The lowest BCUT2D eigenvalue weighted by Gasteiger charge is -2.11. The van der Waals surface area contributed by atoms with Crippen LogP contribution in [0.2, 0.25) is 0 Å². The number of cyclic esters (lactones) is 1. The molecule has 1 N–H and O–H groups in total. The highest BCUT2D eigenvalue weighted by atomic mass is 79.9. The van der Waals surface area contributed by atoms with Crippen molar-refractivity contribution in [2.75, 3.05) is 6.61 Å². The minimum Gasteiger partial charge on any atom is -0.464 e. The van der Waals surface area contributed by atoms with Crippen molar-refractivity contribution in [3.8, 4) is 0 Å². The zero-order valence-corrected chi connectivity index (χ0v) is 11.8. The molecule has 0 aromatic heterocycles. The molecule has 2 rings (SSSR count). The number of carbonyl (C=O) groups excluding carboxylic acids is 2. The second-order valence-electron chi connectivity index (χ2n) is 4.41. The Labute approximate surface area is 114 Å². The number of esters is 1. The van der Waals surface area contributed by atoms with Crippen LogP contribution >= 0.6 is 15.9 Å². The SMILES string of the molecule is Cc1cc(C(=O)NC2CCOC2=O)cc(C)c1Br. The molecule has 5 heteroatoms. The molecule has 96 valence electrons. The number of hydrogen-bond donors (Lipinski definition) is 1. The number of aryl methyl sites for hydroxylation is 2. The van der Waals surface area contributed by atoms with E-state index in [4.69, 9.17) is 4.74 Å². The summed E-state index contributed by atoms with van der Waals surface area (Å²) in [6.45, 7) is 4.23. The van der Waals surface area contributed by atoms with E-state index in [-0.39, 0.29) is 11.9 Å². The van der Waals surface area contributed by atoms with Gasteiger partial charge in [-0.3, -0.25) is 4.79 Å². The molecule has 0 saturated carbocycles. The summed E-state index contributed by atoms with van der Waals surface area (Å²) in [5, 5.41) is 2.69. The summed E-state index contributed by atoms with van der Waals surface area (Å²) >= 11 is 3.45. The Hall–Kier alpha value is -1.36.